The summed E-state index contributed by atoms with van der Waals surface area (Å²) < 4.78 is 23.8. The molecule has 1 atom stereocenters. The second-order valence-electron chi connectivity index (χ2n) is 7.97. The number of nitrogens with one attached hydrogen (secondary N) is 1. The van der Waals surface area contributed by atoms with Gasteiger partial charge in [0, 0.05) is 43.8 Å². The lowest BCUT2D eigenvalue weighted by atomic mass is 10.1. The van der Waals surface area contributed by atoms with E-state index in [2.05, 4.69) is 20.2 Å². The zero-order valence-corrected chi connectivity index (χ0v) is 19.2. The van der Waals surface area contributed by atoms with E-state index < -0.39 is 0 Å². The number of benzene rings is 1. The van der Waals surface area contributed by atoms with Gasteiger partial charge in [-0.2, -0.15) is 4.98 Å². The molecular formula is C23H26N6O5. The minimum Gasteiger partial charge on any atom is -0.493 e. The molecule has 0 saturated carbocycles. The predicted molar refractivity (Wildman–Crippen MR) is 126 cm³/mol. The Morgan fingerprint density at radius 2 is 1.94 bits per heavy atom. The number of imidazole rings is 1. The minimum absolute atomic E-state index is 0.161. The van der Waals surface area contributed by atoms with Crippen molar-refractivity contribution in [1.82, 2.24) is 19.5 Å². The maximum absolute atomic E-state index is 9.48. The summed E-state index contributed by atoms with van der Waals surface area (Å²) in [5, 5.41) is 12.7. The highest BCUT2D eigenvalue weighted by atomic mass is 16.5. The van der Waals surface area contributed by atoms with Gasteiger partial charge in [-0.3, -0.25) is 0 Å². The van der Waals surface area contributed by atoms with E-state index in [0.29, 0.717) is 45.9 Å². The van der Waals surface area contributed by atoms with Gasteiger partial charge in [0.15, 0.2) is 22.9 Å². The van der Waals surface area contributed by atoms with Crippen LogP contribution >= 0.6 is 0 Å². The van der Waals surface area contributed by atoms with Crippen molar-refractivity contribution in [3.05, 3.63) is 37.0 Å². The van der Waals surface area contributed by atoms with E-state index in [1.165, 1.54) is 0 Å². The molecule has 0 radical (unpaired) electrons. The lowest BCUT2D eigenvalue weighted by Crippen LogP contribution is -2.23. The Kier molecular flexibility index (Phi) is 5.84. The Balaban J connectivity index is 1.45. The van der Waals surface area contributed by atoms with Crippen molar-refractivity contribution in [2.75, 3.05) is 51.2 Å². The molecule has 1 aliphatic rings. The van der Waals surface area contributed by atoms with Crippen LogP contribution in [0.3, 0.4) is 0 Å². The number of furan rings is 1. The molecule has 1 aliphatic heterocycles. The molecule has 0 amide bonds. The van der Waals surface area contributed by atoms with Gasteiger partial charge < -0.3 is 38.5 Å². The summed E-state index contributed by atoms with van der Waals surface area (Å²) in [5.41, 5.74) is 2.03. The van der Waals surface area contributed by atoms with E-state index in [-0.39, 0.29) is 12.5 Å². The van der Waals surface area contributed by atoms with E-state index in [4.69, 9.17) is 23.6 Å². The van der Waals surface area contributed by atoms with Gasteiger partial charge in [0.05, 0.1) is 39.5 Å². The highest BCUT2D eigenvalue weighted by Crippen LogP contribution is 2.39. The van der Waals surface area contributed by atoms with Crippen molar-refractivity contribution in [3.8, 4) is 22.9 Å². The molecule has 11 nitrogen and oxygen atoms in total. The topological polar surface area (TPSA) is 120 Å². The SMILES string of the molecule is COc1cc(-n2cnc(Nc3nc(N4CC[C@@H](CO)C4)nc4ccoc34)c2)cc(OC)c1OC. The number of hydrogen-bond acceptors (Lipinski definition) is 10. The first kappa shape index (κ1) is 21.8. The van der Waals surface area contributed by atoms with Crippen molar-refractivity contribution in [2.24, 2.45) is 5.92 Å². The third kappa shape index (κ3) is 3.94. The molecule has 1 saturated heterocycles. The van der Waals surface area contributed by atoms with Gasteiger partial charge >= 0.3 is 0 Å². The van der Waals surface area contributed by atoms with E-state index in [9.17, 15) is 5.11 Å². The number of methoxy groups -OCH3 is 3. The summed E-state index contributed by atoms with van der Waals surface area (Å²) in [6.45, 7) is 1.67. The number of ether oxygens (including phenoxy) is 3. The average Bonchev–Trinajstić information content (AvgIpc) is 3.63. The Hall–Kier alpha value is -3.99. The average molecular weight is 466 g/mol. The van der Waals surface area contributed by atoms with Crippen molar-refractivity contribution in [3.63, 3.8) is 0 Å². The standard InChI is InChI=1S/C23H26N6O5/c1-31-17-8-15(9-18(32-2)21(17)33-3)29-11-19(24-13-29)26-22-20-16(5-7-34-20)25-23(27-22)28-6-4-14(10-28)12-30/h5,7-9,11,13-14,30H,4,6,10,12H2,1-3H3,(H,25,26,27)/t14-/m1/s1. The zero-order valence-electron chi connectivity index (χ0n) is 19.2. The van der Waals surface area contributed by atoms with Crippen LogP contribution < -0.4 is 24.4 Å². The molecule has 5 rings (SSSR count). The molecule has 34 heavy (non-hydrogen) atoms. The van der Waals surface area contributed by atoms with E-state index in [0.717, 1.165) is 25.2 Å². The first-order chi connectivity index (χ1) is 16.6. The maximum atomic E-state index is 9.48. The van der Waals surface area contributed by atoms with Crippen LogP contribution in [0, 0.1) is 5.92 Å². The molecule has 0 bridgehead atoms. The maximum Gasteiger partial charge on any atom is 0.228 e. The number of aliphatic hydroxyl groups is 1. The first-order valence-electron chi connectivity index (χ1n) is 10.9. The molecule has 0 unspecified atom stereocenters. The first-order valence-corrected chi connectivity index (χ1v) is 10.9. The Labute approximate surface area is 195 Å². The lowest BCUT2D eigenvalue weighted by molar-refractivity contribution is 0.238. The quantitative estimate of drug-likeness (QED) is 0.401. The van der Waals surface area contributed by atoms with Crippen LogP contribution in [0.5, 0.6) is 17.2 Å². The Morgan fingerprint density at radius 3 is 2.62 bits per heavy atom. The summed E-state index contributed by atoms with van der Waals surface area (Å²) in [6.07, 6.45) is 6.00. The van der Waals surface area contributed by atoms with Gasteiger partial charge in [-0.05, 0) is 6.42 Å². The Morgan fingerprint density at radius 1 is 1.15 bits per heavy atom. The molecule has 1 fully saturated rings. The van der Waals surface area contributed by atoms with Crippen molar-refractivity contribution in [1.29, 1.82) is 0 Å². The molecule has 2 N–H and O–H groups in total. The van der Waals surface area contributed by atoms with Gasteiger partial charge in [0.2, 0.25) is 11.7 Å². The third-order valence-corrected chi connectivity index (χ3v) is 5.90. The fourth-order valence-electron chi connectivity index (χ4n) is 4.11. The fourth-order valence-corrected chi connectivity index (χ4v) is 4.11. The summed E-state index contributed by atoms with van der Waals surface area (Å²) >= 11 is 0. The van der Waals surface area contributed by atoms with Crippen LogP contribution in [0.15, 0.2) is 41.4 Å². The van der Waals surface area contributed by atoms with Crippen molar-refractivity contribution < 1.29 is 23.7 Å². The number of rotatable bonds is 8. The second-order valence-corrected chi connectivity index (χ2v) is 7.97. The van der Waals surface area contributed by atoms with Gasteiger partial charge in [-0.15, -0.1) is 0 Å². The zero-order chi connectivity index (χ0) is 23.7. The third-order valence-electron chi connectivity index (χ3n) is 5.90. The van der Waals surface area contributed by atoms with Crippen LogP contribution in [0.2, 0.25) is 0 Å². The van der Waals surface area contributed by atoms with Crippen LogP contribution in [-0.2, 0) is 0 Å². The summed E-state index contributed by atoms with van der Waals surface area (Å²) in [5.74, 6) is 3.53. The lowest BCUT2D eigenvalue weighted by Gasteiger charge is -2.17. The normalized spacial score (nSPS) is 15.6. The van der Waals surface area contributed by atoms with Crippen LogP contribution in [0.1, 0.15) is 6.42 Å². The molecule has 4 heterocycles. The molecule has 1 aromatic carbocycles. The molecule has 0 aliphatic carbocycles. The van der Waals surface area contributed by atoms with Crippen LogP contribution in [0.25, 0.3) is 16.8 Å². The highest BCUT2D eigenvalue weighted by Gasteiger charge is 2.25. The second kappa shape index (κ2) is 9.10. The number of nitrogens with zero attached hydrogens (tertiary/aromatic N) is 5. The Bertz CT molecular complexity index is 1280. The van der Waals surface area contributed by atoms with E-state index >= 15 is 0 Å². The van der Waals surface area contributed by atoms with Gasteiger partial charge in [0.25, 0.3) is 0 Å². The monoisotopic (exact) mass is 466 g/mol. The van der Waals surface area contributed by atoms with Gasteiger partial charge in [-0.25, -0.2) is 9.97 Å². The van der Waals surface area contributed by atoms with Gasteiger partial charge in [0.1, 0.15) is 17.7 Å². The smallest absolute Gasteiger partial charge is 0.228 e. The number of hydrogen-bond donors (Lipinski definition) is 2. The molecule has 0 spiro atoms. The van der Waals surface area contributed by atoms with E-state index in [1.54, 1.807) is 40.0 Å². The highest BCUT2D eigenvalue weighted by molar-refractivity contribution is 5.86. The van der Waals surface area contributed by atoms with Crippen LogP contribution in [-0.4, -0.2) is 65.7 Å². The summed E-state index contributed by atoms with van der Waals surface area (Å²) in [6, 6.07) is 5.48. The number of fused-ring (bicyclic) bond motifs is 1. The minimum atomic E-state index is 0.161. The van der Waals surface area contributed by atoms with E-state index in [1.807, 2.05) is 22.9 Å². The molecule has 11 heteroatoms. The fraction of sp³-hybridized carbons (Fsp3) is 0.348. The largest absolute Gasteiger partial charge is 0.493 e. The van der Waals surface area contributed by atoms with Crippen LogP contribution in [0.4, 0.5) is 17.6 Å². The molecular weight excluding hydrogens is 440 g/mol. The summed E-state index contributed by atoms with van der Waals surface area (Å²) in [4.78, 5) is 15.9. The predicted octanol–water partition coefficient (Wildman–Crippen LogP) is 3.00. The molecule has 178 valence electrons. The number of aliphatic hydroxyl groups excluding tert-OH is 1. The number of aromatic nitrogens is 4. The summed E-state index contributed by atoms with van der Waals surface area (Å²) in [7, 11) is 4.72. The molecule has 4 aromatic rings. The van der Waals surface area contributed by atoms with Gasteiger partial charge in [-0.1, -0.05) is 0 Å². The number of anilines is 3. The van der Waals surface area contributed by atoms with Crippen molar-refractivity contribution >= 4 is 28.7 Å². The molecule has 3 aromatic heterocycles. The van der Waals surface area contributed by atoms with Crippen molar-refractivity contribution in [2.45, 2.75) is 6.42 Å².